The molecular formula is C16H16N4O5. The van der Waals surface area contributed by atoms with Crippen LogP contribution >= 0.6 is 0 Å². The summed E-state index contributed by atoms with van der Waals surface area (Å²) in [6.45, 7) is 1.76. The second kappa shape index (κ2) is 8.29. The molecule has 3 N–H and O–H groups in total. The summed E-state index contributed by atoms with van der Waals surface area (Å²) in [6.07, 6.45) is -0.826. The minimum Gasteiger partial charge on any atom is -0.449 e. The number of carbonyl (C=O) groups excluding carboxylic acids is 2. The maximum atomic E-state index is 12.0. The molecule has 2 aromatic rings. The van der Waals surface area contributed by atoms with Crippen molar-refractivity contribution >= 4 is 29.1 Å². The Balaban J connectivity index is 2.16. The van der Waals surface area contributed by atoms with Crippen LogP contribution in [-0.4, -0.2) is 23.5 Å². The highest BCUT2D eigenvalue weighted by Gasteiger charge is 2.18. The van der Waals surface area contributed by atoms with E-state index in [2.05, 4.69) is 15.5 Å². The molecule has 0 aliphatic rings. The number of hydrazine groups is 1. The van der Waals surface area contributed by atoms with Crippen molar-refractivity contribution in [1.82, 2.24) is 10.9 Å². The van der Waals surface area contributed by atoms with E-state index >= 15 is 0 Å². The van der Waals surface area contributed by atoms with Crippen molar-refractivity contribution in [3.63, 3.8) is 0 Å². The van der Waals surface area contributed by atoms with E-state index in [0.717, 1.165) is 6.07 Å². The van der Waals surface area contributed by atoms with Crippen LogP contribution in [-0.2, 0) is 4.74 Å². The van der Waals surface area contributed by atoms with Crippen LogP contribution in [0.4, 0.5) is 21.9 Å². The van der Waals surface area contributed by atoms with E-state index in [-0.39, 0.29) is 23.5 Å². The molecule has 0 unspecified atom stereocenters. The van der Waals surface area contributed by atoms with Gasteiger partial charge in [-0.1, -0.05) is 18.2 Å². The Bertz CT molecular complexity index is 779. The molecular weight excluding hydrogens is 328 g/mol. The van der Waals surface area contributed by atoms with E-state index in [1.165, 1.54) is 12.1 Å². The summed E-state index contributed by atoms with van der Waals surface area (Å²) in [6, 6.07) is 12.9. The maximum Gasteiger partial charge on any atom is 0.426 e. The minimum absolute atomic E-state index is 0.0158. The Kier molecular flexibility index (Phi) is 5.88. The third-order valence-electron chi connectivity index (χ3n) is 3.06. The molecule has 0 saturated carbocycles. The number of benzene rings is 2. The van der Waals surface area contributed by atoms with E-state index in [9.17, 15) is 19.7 Å². The van der Waals surface area contributed by atoms with Crippen molar-refractivity contribution in [2.75, 3.05) is 11.9 Å². The molecule has 130 valence electrons. The molecule has 2 amide bonds. The highest BCUT2D eigenvalue weighted by atomic mass is 16.6. The number of para-hydroxylation sites is 1. The Morgan fingerprint density at radius 3 is 2.48 bits per heavy atom. The average molecular weight is 344 g/mol. The van der Waals surface area contributed by atoms with Crippen LogP contribution in [0.25, 0.3) is 0 Å². The van der Waals surface area contributed by atoms with Gasteiger partial charge in [0.1, 0.15) is 5.69 Å². The van der Waals surface area contributed by atoms with Crippen LogP contribution in [0.5, 0.6) is 0 Å². The van der Waals surface area contributed by atoms with Crippen LogP contribution in [0.1, 0.15) is 17.3 Å². The fraction of sp³-hybridized carbons (Fsp3) is 0.125. The van der Waals surface area contributed by atoms with Crippen LogP contribution in [0, 0.1) is 10.1 Å². The lowest BCUT2D eigenvalue weighted by Crippen LogP contribution is -2.41. The minimum atomic E-state index is -0.826. The molecule has 0 atom stereocenters. The lowest BCUT2D eigenvalue weighted by Gasteiger charge is -2.10. The summed E-state index contributed by atoms with van der Waals surface area (Å²) in [5.74, 6) is -0.706. The lowest BCUT2D eigenvalue weighted by atomic mass is 10.1. The van der Waals surface area contributed by atoms with E-state index in [4.69, 9.17) is 0 Å². The first kappa shape index (κ1) is 17.7. The Labute approximate surface area is 143 Å². The van der Waals surface area contributed by atoms with Crippen LogP contribution < -0.4 is 16.2 Å². The largest absolute Gasteiger partial charge is 0.449 e. The Morgan fingerprint density at radius 2 is 1.84 bits per heavy atom. The standard InChI is InChI=1S/C16H16N4O5/c1-2-25-16(22)19-18-15(21)11-8-9-13(14(10-11)20(23)24)17-12-6-4-3-5-7-12/h3-10,17H,2H2,1H3,(H,18,21)(H,19,22). The fourth-order valence-electron chi connectivity index (χ4n) is 1.95. The first-order chi connectivity index (χ1) is 12.0. The first-order valence-corrected chi connectivity index (χ1v) is 7.35. The summed E-state index contributed by atoms with van der Waals surface area (Å²) >= 11 is 0. The Hall–Kier alpha value is -3.62. The van der Waals surface area contributed by atoms with Crippen LogP contribution in [0.3, 0.4) is 0 Å². The fourth-order valence-corrected chi connectivity index (χ4v) is 1.95. The quantitative estimate of drug-likeness (QED) is 0.566. The lowest BCUT2D eigenvalue weighted by molar-refractivity contribution is -0.383. The molecule has 0 spiro atoms. The van der Waals surface area contributed by atoms with Crippen LogP contribution in [0.2, 0.25) is 0 Å². The number of anilines is 2. The first-order valence-electron chi connectivity index (χ1n) is 7.35. The molecule has 0 bridgehead atoms. The summed E-state index contributed by atoms with van der Waals surface area (Å²) < 4.78 is 4.59. The number of hydrogen-bond donors (Lipinski definition) is 3. The van der Waals surface area contributed by atoms with E-state index in [0.29, 0.717) is 5.69 Å². The summed E-state index contributed by atoms with van der Waals surface area (Å²) in [5.41, 5.74) is 4.81. The van der Waals surface area contributed by atoms with Gasteiger partial charge in [-0.15, -0.1) is 0 Å². The van der Waals surface area contributed by atoms with Crippen molar-refractivity contribution in [1.29, 1.82) is 0 Å². The highest BCUT2D eigenvalue weighted by molar-refractivity contribution is 5.96. The number of nitrogens with zero attached hydrogens (tertiary/aromatic N) is 1. The zero-order chi connectivity index (χ0) is 18.2. The number of nitrogens with one attached hydrogen (secondary N) is 3. The molecule has 9 nitrogen and oxygen atoms in total. The number of amides is 2. The molecule has 9 heteroatoms. The number of ether oxygens (including phenoxy) is 1. The number of rotatable bonds is 5. The SMILES string of the molecule is CCOC(=O)NNC(=O)c1ccc(Nc2ccccc2)c([N+](=O)[O-])c1. The maximum absolute atomic E-state index is 12.0. The van der Waals surface area contributed by atoms with Crippen molar-refractivity contribution in [3.8, 4) is 0 Å². The summed E-state index contributed by atoms with van der Waals surface area (Å²) in [7, 11) is 0. The number of nitro groups is 1. The van der Waals surface area contributed by atoms with Crippen molar-refractivity contribution in [2.45, 2.75) is 6.92 Å². The predicted molar refractivity (Wildman–Crippen MR) is 90.4 cm³/mol. The van der Waals surface area contributed by atoms with Gasteiger partial charge in [0.2, 0.25) is 0 Å². The van der Waals surface area contributed by atoms with Gasteiger partial charge in [-0.2, -0.15) is 0 Å². The molecule has 0 radical (unpaired) electrons. The number of hydrogen-bond acceptors (Lipinski definition) is 6. The normalized spacial score (nSPS) is 9.80. The van der Waals surface area contributed by atoms with E-state index in [1.54, 1.807) is 31.2 Å². The van der Waals surface area contributed by atoms with Gasteiger partial charge in [0.25, 0.3) is 11.6 Å². The molecule has 2 rings (SSSR count). The van der Waals surface area contributed by atoms with Gasteiger partial charge in [0.15, 0.2) is 0 Å². The van der Waals surface area contributed by atoms with Crippen LogP contribution in [0.15, 0.2) is 48.5 Å². The predicted octanol–water partition coefficient (Wildman–Crippen LogP) is 2.73. The van der Waals surface area contributed by atoms with Gasteiger partial charge >= 0.3 is 6.09 Å². The van der Waals surface area contributed by atoms with E-state index in [1.807, 2.05) is 11.5 Å². The number of carbonyl (C=O) groups is 2. The van der Waals surface area contributed by atoms with E-state index < -0.39 is 16.9 Å². The van der Waals surface area contributed by atoms with Gasteiger partial charge in [-0.25, -0.2) is 10.2 Å². The third kappa shape index (κ3) is 4.93. The molecule has 0 saturated heterocycles. The van der Waals surface area contributed by atoms with Crippen molar-refractivity contribution in [2.24, 2.45) is 0 Å². The molecule has 0 heterocycles. The second-order valence-electron chi connectivity index (χ2n) is 4.78. The molecule has 0 aliphatic carbocycles. The molecule has 25 heavy (non-hydrogen) atoms. The third-order valence-corrected chi connectivity index (χ3v) is 3.06. The zero-order valence-corrected chi connectivity index (χ0v) is 13.3. The topological polar surface area (TPSA) is 123 Å². The van der Waals surface area contributed by atoms with Gasteiger partial charge in [-0.3, -0.25) is 20.3 Å². The van der Waals surface area contributed by atoms with Crippen molar-refractivity contribution < 1.29 is 19.2 Å². The average Bonchev–Trinajstić information content (AvgIpc) is 2.61. The molecule has 0 aliphatic heterocycles. The highest BCUT2D eigenvalue weighted by Crippen LogP contribution is 2.28. The van der Waals surface area contributed by atoms with Gasteiger partial charge in [0, 0.05) is 17.3 Å². The second-order valence-corrected chi connectivity index (χ2v) is 4.78. The monoisotopic (exact) mass is 344 g/mol. The summed E-state index contributed by atoms with van der Waals surface area (Å²) in [4.78, 5) is 33.8. The van der Waals surface area contributed by atoms with Gasteiger partial charge in [-0.05, 0) is 31.2 Å². The molecule has 0 fully saturated rings. The van der Waals surface area contributed by atoms with Crippen molar-refractivity contribution in [3.05, 3.63) is 64.2 Å². The molecule has 0 aromatic heterocycles. The Morgan fingerprint density at radius 1 is 1.12 bits per heavy atom. The van der Waals surface area contributed by atoms with Gasteiger partial charge < -0.3 is 10.1 Å². The van der Waals surface area contributed by atoms with Gasteiger partial charge in [0.05, 0.1) is 11.5 Å². The molecule has 2 aromatic carbocycles. The summed E-state index contributed by atoms with van der Waals surface area (Å²) in [5, 5.41) is 14.2. The smallest absolute Gasteiger partial charge is 0.426 e. The number of nitro benzene ring substituents is 1. The zero-order valence-electron chi connectivity index (χ0n) is 13.3.